The molecule has 2 rings (SSSR count). The number of thiophene rings is 1. The van der Waals surface area contributed by atoms with E-state index in [-0.39, 0.29) is 5.97 Å². The maximum absolute atomic E-state index is 11.8. The number of carbonyl (C=O) groups is 1. The summed E-state index contributed by atoms with van der Waals surface area (Å²) in [4.78, 5) is 15.0. The number of nitrogens with zero attached hydrogens (tertiary/aromatic N) is 2. The van der Waals surface area contributed by atoms with Gasteiger partial charge in [0.1, 0.15) is 5.00 Å². The third-order valence-corrected chi connectivity index (χ3v) is 3.98. The van der Waals surface area contributed by atoms with Crippen molar-refractivity contribution in [1.29, 1.82) is 5.26 Å². The van der Waals surface area contributed by atoms with E-state index >= 15 is 0 Å². The molecule has 1 aromatic heterocycles. The van der Waals surface area contributed by atoms with Crippen molar-refractivity contribution >= 4 is 22.3 Å². The van der Waals surface area contributed by atoms with E-state index in [4.69, 9.17) is 15.7 Å². The molecule has 5 nitrogen and oxygen atoms in total. The number of hydrogen-bond acceptors (Lipinski definition) is 6. The van der Waals surface area contributed by atoms with Crippen LogP contribution in [0.15, 0.2) is 0 Å². The fourth-order valence-electron chi connectivity index (χ4n) is 2.14. The van der Waals surface area contributed by atoms with Crippen LogP contribution in [0.4, 0.5) is 5.00 Å². The lowest BCUT2D eigenvalue weighted by molar-refractivity contribution is 0.0526. The highest BCUT2D eigenvalue weighted by Crippen LogP contribution is 2.35. The van der Waals surface area contributed by atoms with Crippen LogP contribution in [0.3, 0.4) is 0 Å². The second kappa shape index (κ2) is 5.38. The van der Waals surface area contributed by atoms with Crippen molar-refractivity contribution < 1.29 is 9.53 Å². The first-order valence-electron chi connectivity index (χ1n) is 5.83. The summed E-state index contributed by atoms with van der Waals surface area (Å²) in [5, 5.41) is 9.22. The lowest BCUT2D eigenvalue weighted by atomic mass is 10.0. The third-order valence-electron chi connectivity index (χ3n) is 2.94. The molecule has 1 aromatic rings. The smallest absolute Gasteiger partial charge is 0.341 e. The Morgan fingerprint density at radius 3 is 3.11 bits per heavy atom. The van der Waals surface area contributed by atoms with E-state index in [9.17, 15) is 4.79 Å². The molecule has 1 aliphatic heterocycles. The van der Waals surface area contributed by atoms with Gasteiger partial charge in [0, 0.05) is 18.0 Å². The minimum absolute atomic E-state index is 0.332. The SMILES string of the molecule is CCOC(=O)c1c(N)sc2c1CCN(CC#N)C2. The summed E-state index contributed by atoms with van der Waals surface area (Å²) < 4.78 is 5.03. The maximum atomic E-state index is 11.8. The van der Waals surface area contributed by atoms with Gasteiger partial charge in [0.05, 0.1) is 24.8 Å². The molecule has 2 heterocycles. The quantitative estimate of drug-likeness (QED) is 0.660. The Morgan fingerprint density at radius 1 is 1.67 bits per heavy atom. The van der Waals surface area contributed by atoms with Gasteiger partial charge < -0.3 is 10.5 Å². The van der Waals surface area contributed by atoms with Crippen LogP contribution in [0.1, 0.15) is 27.7 Å². The molecule has 1 aliphatic rings. The van der Waals surface area contributed by atoms with Gasteiger partial charge in [-0.25, -0.2) is 4.79 Å². The molecule has 0 aliphatic carbocycles. The van der Waals surface area contributed by atoms with E-state index in [2.05, 4.69) is 6.07 Å². The summed E-state index contributed by atoms with van der Waals surface area (Å²) in [6, 6.07) is 2.14. The molecule has 6 heteroatoms. The number of rotatable bonds is 3. The monoisotopic (exact) mass is 265 g/mol. The predicted octanol–water partition coefficient (Wildman–Crippen LogP) is 1.39. The standard InChI is InChI=1S/C12H15N3O2S/c1-2-17-12(16)10-8-3-5-15(6-4-13)7-9(8)18-11(10)14/h2-3,5-7,14H2,1H3. The molecule has 0 unspecified atom stereocenters. The van der Waals surface area contributed by atoms with Crippen LogP contribution in [-0.4, -0.2) is 30.6 Å². The average Bonchev–Trinajstić information content (AvgIpc) is 2.65. The van der Waals surface area contributed by atoms with Crippen molar-refractivity contribution in [1.82, 2.24) is 4.90 Å². The molecular weight excluding hydrogens is 250 g/mol. The Balaban J connectivity index is 2.26. The highest BCUT2D eigenvalue weighted by molar-refractivity contribution is 7.16. The lowest BCUT2D eigenvalue weighted by Gasteiger charge is -2.24. The van der Waals surface area contributed by atoms with E-state index in [1.54, 1.807) is 6.92 Å². The Morgan fingerprint density at radius 2 is 2.44 bits per heavy atom. The first kappa shape index (κ1) is 12.9. The Bertz CT molecular complexity index is 504. The number of nitriles is 1. The molecule has 0 saturated heterocycles. The minimum atomic E-state index is -0.332. The second-order valence-electron chi connectivity index (χ2n) is 4.08. The number of nitrogen functional groups attached to an aromatic ring is 1. The fraction of sp³-hybridized carbons (Fsp3) is 0.500. The lowest BCUT2D eigenvalue weighted by Crippen LogP contribution is -2.30. The van der Waals surface area contributed by atoms with Crippen molar-refractivity contribution in [2.24, 2.45) is 0 Å². The first-order chi connectivity index (χ1) is 8.67. The molecule has 0 atom stereocenters. The molecule has 96 valence electrons. The summed E-state index contributed by atoms with van der Waals surface area (Å²) >= 11 is 1.43. The highest BCUT2D eigenvalue weighted by atomic mass is 32.1. The average molecular weight is 265 g/mol. The predicted molar refractivity (Wildman–Crippen MR) is 69.3 cm³/mol. The molecule has 0 saturated carbocycles. The zero-order valence-corrected chi connectivity index (χ0v) is 11.0. The van der Waals surface area contributed by atoms with E-state index in [1.807, 2.05) is 4.90 Å². The van der Waals surface area contributed by atoms with E-state index in [1.165, 1.54) is 11.3 Å². The van der Waals surface area contributed by atoms with Gasteiger partial charge in [0.15, 0.2) is 0 Å². The molecular formula is C12H15N3O2S. The summed E-state index contributed by atoms with van der Waals surface area (Å²) in [6.07, 6.45) is 0.749. The van der Waals surface area contributed by atoms with Gasteiger partial charge in [-0.1, -0.05) is 0 Å². The van der Waals surface area contributed by atoms with Gasteiger partial charge in [-0.15, -0.1) is 11.3 Å². The van der Waals surface area contributed by atoms with Crippen LogP contribution in [0.5, 0.6) is 0 Å². The maximum Gasteiger partial charge on any atom is 0.341 e. The van der Waals surface area contributed by atoms with Crippen LogP contribution < -0.4 is 5.73 Å². The summed E-state index contributed by atoms with van der Waals surface area (Å²) in [7, 11) is 0. The van der Waals surface area contributed by atoms with Gasteiger partial charge in [-0.3, -0.25) is 4.90 Å². The van der Waals surface area contributed by atoms with E-state index < -0.39 is 0 Å². The minimum Gasteiger partial charge on any atom is -0.462 e. The zero-order valence-electron chi connectivity index (χ0n) is 10.2. The number of esters is 1. The molecule has 0 bridgehead atoms. The Labute approximate surface area is 110 Å². The van der Waals surface area contributed by atoms with Crippen molar-refractivity contribution in [3.8, 4) is 6.07 Å². The number of anilines is 1. The third kappa shape index (κ3) is 2.33. The van der Waals surface area contributed by atoms with Gasteiger partial charge in [0.2, 0.25) is 0 Å². The largest absolute Gasteiger partial charge is 0.462 e. The van der Waals surface area contributed by atoms with E-state index in [0.29, 0.717) is 30.3 Å². The molecule has 0 amide bonds. The number of hydrogen-bond donors (Lipinski definition) is 1. The highest BCUT2D eigenvalue weighted by Gasteiger charge is 2.27. The summed E-state index contributed by atoms with van der Waals surface area (Å²) in [5.74, 6) is -0.332. The van der Waals surface area contributed by atoms with Gasteiger partial charge in [0.25, 0.3) is 0 Å². The van der Waals surface area contributed by atoms with Gasteiger partial charge >= 0.3 is 5.97 Å². The normalized spacial score (nSPS) is 14.9. The molecule has 0 aromatic carbocycles. The molecule has 0 fully saturated rings. The van der Waals surface area contributed by atoms with Crippen molar-refractivity contribution in [2.75, 3.05) is 25.4 Å². The number of fused-ring (bicyclic) bond motifs is 1. The van der Waals surface area contributed by atoms with E-state index in [0.717, 1.165) is 23.4 Å². The summed E-state index contributed by atoms with van der Waals surface area (Å²) in [5.41, 5.74) is 7.45. The van der Waals surface area contributed by atoms with Gasteiger partial charge in [-0.2, -0.15) is 5.26 Å². The molecule has 0 spiro atoms. The second-order valence-corrected chi connectivity index (χ2v) is 5.22. The number of nitrogens with two attached hydrogens (primary N) is 1. The number of carbonyl (C=O) groups excluding carboxylic acids is 1. The zero-order chi connectivity index (χ0) is 13.1. The van der Waals surface area contributed by atoms with Crippen molar-refractivity contribution in [3.63, 3.8) is 0 Å². The number of ether oxygens (including phenoxy) is 1. The van der Waals surface area contributed by atoms with Crippen molar-refractivity contribution in [2.45, 2.75) is 19.9 Å². The van der Waals surface area contributed by atoms with Crippen LogP contribution in [0.2, 0.25) is 0 Å². The van der Waals surface area contributed by atoms with Crippen LogP contribution in [0, 0.1) is 11.3 Å². The molecule has 0 radical (unpaired) electrons. The summed E-state index contributed by atoms with van der Waals surface area (Å²) in [6.45, 7) is 4.01. The Kier molecular flexibility index (Phi) is 3.84. The Hall–Kier alpha value is -1.58. The van der Waals surface area contributed by atoms with Gasteiger partial charge in [-0.05, 0) is 18.9 Å². The van der Waals surface area contributed by atoms with Crippen LogP contribution in [0.25, 0.3) is 0 Å². The molecule has 18 heavy (non-hydrogen) atoms. The molecule has 2 N–H and O–H groups in total. The van der Waals surface area contributed by atoms with Crippen molar-refractivity contribution in [3.05, 3.63) is 16.0 Å². The topological polar surface area (TPSA) is 79.3 Å². The first-order valence-corrected chi connectivity index (χ1v) is 6.65. The fourth-order valence-corrected chi connectivity index (χ4v) is 3.29. The van der Waals surface area contributed by atoms with Crippen LogP contribution in [-0.2, 0) is 17.7 Å². The van der Waals surface area contributed by atoms with Crippen LogP contribution >= 0.6 is 11.3 Å².